The zero-order valence-corrected chi connectivity index (χ0v) is 14.2. The van der Waals surface area contributed by atoms with Crippen LogP contribution < -0.4 is 5.32 Å². The molecular weight excluding hydrogens is 276 g/mol. The van der Waals surface area contributed by atoms with Gasteiger partial charge in [-0.3, -0.25) is 0 Å². The van der Waals surface area contributed by atoms with Crippen molar-refractivity contribution >= 4 is 21.6 Å². The lowest BCUT2D eigenvalue weighted by atomic mass is 10.0. The van der Waals surface area contributed by atoms with Gasteiger partial charge in [-0.1, -0.05) is 58.1 Å². The number of nitrogens with zero attached hydrogens (tertiary/aromatic N) is 1. The molecule has 1 aromatic heterocycles. The highest BCUT2D eigenvalue weighted by Crippen LogP contribution is 2.23. The number of benzene rings is 1. The van der Waals surface area contributed by atoms with E-state index in [1.807, 2.05) is 11.3 Å². The topological polar surface area (TPSA) is 24.9 Å². The van der Waals surface area contributed by atoms with Crippen molar-refractivity contribution < 1.29 is 0 Å². The van der Waals surface area contributed by atoms with E-state index in [0.29, 0.717) is 6.04 Å². The predicted molar refractivity (Wildman–Crippen MR) is 94.2 cm³/mol. The van der Waals surface area contributed by atoms with Crippen molar-refractivity contribution in [3.05, 3.63) is 29.3 Å². The fourth-order valence-electron chi connectivity index (χ4n) is 2.78. The number of hydrogen-bond donors (Lipinski definition) is 1. The minimum absolute atomic E-state index is 0.581. The average Bonchev–Trinajstić information content (AvgIpc) is 2.89. The molecule has 0 aliphatic rings. The molecule has 2 rings (SSSR count). The number of nitrogens with one attached hydrogen (secondary N) is 1. The Hall–Kier alpha value is -0.930. The molecule has 116 valence electrons. The summed E-state index contributed by atoms with van der Waals surface area (Å²) in [6.07, 6.45) is 9.13. The molecule has 0 saturated heterocycles. The van der Waals surface area contributed by atoms with E-state index in [4.69, 9.17) is 4.98 Å². The molecule has 3 heteroatoms. The van der Waals surface area contributed by atoms with E-state index in [1.165, 1.54) is 48.2 Å². The maximum absolute atomic E-state index is 4.77. The first-order valence-corrected chi connectivity index (χ1v) is 9.23. The van der Waals surface area contributed by atoms with Crippen LogP contribution in [0.4, 0.5) is 0 Å². The Kier molecular flexibility index (Phi) is 7.17. The Morgan fingerprint density at radius 3 is 2.67 bits per heavy atom. The van der Waals surface area contributed by atoms with E-state index in [2.05, 4.69) is 43.4 Å². The Bertz CT molecular complexity index is 488. The highest BCUT2D eigenvalue weighted by molar-refractivity contribution is 7.18. The number of unbranched alkanes of at least 4 members (excludes halogenated alkanes) is 4. The molecule has 1 aromatic carbocycles. The second-order valence-electron chi connectivity index (χ2n) is 5.74. The maximum Gasteiger partial charge on any atom is 0.0954 e. The maximum atomic E-state index is 4.77. The van der Waals surface area contributed by atoms with E-state index in [0.717, 1.165) is 18.5 Å². The molecule has 0 spiro atoms. The second-order valence-corrected chi connectivity index (χ2v) is 6.85. The Morgan fingerprint density at radius 2 is 1.90 bits per heavy atom. The molecule has 1 atom stereocenters. The van der Waals surface area contributed by atoms with E-state index in [-0.39, 0.29) is 0 Å². The van der Waals surface area contributed by atoms with Crippen LogP contribution in [0.2, 0.25) is 0 Å². The van der Waals surface area contributed by atoms with Crippen LogP contribution >= 0.6 is 11.3 Å². The lowest BCUT2D eigenvalue weighted by Gasteiger charge is -2.16. The lowest BCUT2D eigenvalue weighted by Crippen LogP contribution is -2.30. The van der Waals surface area contributed by atoms with Crippen molar-refractivity contribution in [3.63, 3.8) is 0 Å². The molecule has 2 aromatic rings. The van der Waals surface area contributed by atoms with E-state index in [9.17, 15) is 0 Å². The second kappa shape index (κ2) is 9.16. The highest BCUT2D eigenvalue weighted by Gasteiger charge is 2.11. The van der Waals surface area contributed by atoms with E-state index >= 15 is 0 Å². The van der Waals surface area contributed by atoms with Gasteiger partial charge in [0.15, 0.2) is 0 Å². The monoisotopic (exact) mass is 304 g/mol. The lowest BCUT2D eigenvalue weighted by molar-refractivity contribution is 0.460. The van der Waals surface area contributed by atoms with Crippen molar-refractivity contribution in [1.29, 1.82) is 0 Å². The quantitative estimate of drug-likeness (QED) is 0.612. The summed E-state index contributed by atoms with van der Waals surface area (Å²) >= 11 is 1.85. The van der Waals surface area contributed by atoms with Gasteiger partial charge >= 0.3 is 0 Å². The summed E-state index contributed by atoms with van der Waals surface area (Å²) < 4.78 is 1.31. The predicted octanol–water partition coefficient (Wildman–Crippen LogP) is 5.18. The summed E-state index contributed by atoms with van der Waals surface area (Å²) in [5, 5.41) is 4.91. The SMILES string of the molecule is CCCCCCCC(Cc1nc2ccccc2s1)NCC. The molecule has 0 bridgehead atoms. The third kappa shape index (κ3) is 5.40. The Balaban J connectivity index is 1.86. The molecule has 1 unspecified atom stereocenters. The number of thiazole rings is 1. The summed E-state index contributed by atoms with van der Waals surface area (Å²) in [6.45, 7) is 5.52. The van der Waals surface area contributed by atoms with Gasteiger partial charge in [-0.15, -0.1) is 11.3 Å². The zero-order chi connectivity index (χ0) is 14.9. The molecule has 21 heavy (non-hydrogen) atoms. The molecular formula is C18H28N2S. The van der Waals surface area contributed by atoms with Crippen molar-refractivity contribution in [2.75, 3.05) is 6.54 Å². The molecule has 2 nitrogen and oxygen atoms in total. The molecule has 0 amide bonds. The Labute approximate surface area is 133 Å². The molecule has 0 aliphatic carbocycles. The van der Waals surface area contributed by atoms with Gasteiger partial charge in [0, 0.05) is 12.5 Å². The first-order chi connectivity index (χ1) is 10.3. The van der Waals surface area contributed by atoms with Gasteiger partial charge in [-0.2, -0.15) is 0 Å². The minimum Gasteiger partial charge on any atom is -0.314 e. The minimum atomic E-state index is 0.581. The summed E-state index contributed by atoms with van der Waals surface area (Å²) in [4.78, 5) is 4.77. The number of rotatable bonds is 10. The largest absolute Gasteiger partial charge is 0.314 e. The normalized spacial score (nSPS) is 12.9. The van der Waals surface area contributed by atoms with E-state index < -0.39 is 0 Å². The van der Waals surface area contributed by atoms with Crippen LogP contribution in [-0.4, -0.2) is 17.6 Å². The molecule has 0 saturated carbocycles. The summed E-state index contributed by atoms with van der Waals surface area (Å²) in [6, 6.07) is 9.03. The van der Waals surface area contributed by atoms with Gasteiger partial charge in [0.1, 0.15) is 0 Å². The summed E-state index contributed by atoms with van der Waals surface area (Å²) in [7, 11) is 0. The van der Waals surface area contributed by atoms with Gasteiger partial charge in [-0.05, 0) is 25.1 Å². The number of hydrogen-bond acceptors (Lipinski definition) is 3. The van der Waals surface area contributed by atoms with Crippen molar-refractivity contribution in [3.8, 4) is 0 Å². The third-order valence-corrected chi connectivity index (χ3v) is 4.97. The number of likely N-dealkylation sites (N-methyl/N-ethyl adjacent to an activating group) is 1. The van der Waals surface area contributed by atoms with Gasteiger partial charge in [-0.25, -0.2) is 4.98 Å². The van der Waals surface area contributed by atoms with Crippen LogP contribution in [-0.2, 0) is 6.42 Å². The van der Waals surface area contributed by atoms with Crippen LogP contribution in [0.1, 0.15) is 57.4 Å². The zero-order valence-electron chi connectivity index (χ0n) is 13.4. The molecule has 1 N–H and O–H groups in total. The van der Waals surface area contributed by atoms with Gasteiger partial charge in [0.2, 0.25) is 0 Å². The average molecular weight is 305 g/mol. The van der Waals surface area contributed by atoms with Gasteiger partial charge in [0.05, 0.1) is 15.2 Å². The van der Waals surface area contributed by atoms with Crippen molar-refractivity contribution in [1.82, 2.24) is 10.3 Å². The Morgan fingerprint density at radius 1 is 1.10 bits per heavy atom. The van der Waals surface area contributed by atoms with Crippen LogP contribution in [0.25, 0.3) is 10.2 Å². The van der Waals surface area contributed by atoms with E-state index in [1.54, 1.807) is 0 Å². The van der Waals surface area contributed by atoms with Gasteiger partial charge < -0.3 is 5.32 Å². The highest BCUT2D eigenvalue weighted by atomic mass is 32.1. The first kappa shape index (κ1) is 16.4. The van der Waals surface area contributed by atoms with Crippen molar-refractivity contribution in [2.24, 2.45) is 0 Å². The molecule has 1 heterocycles. The van der Waals surface area contributed by atoms with Crippen LogP contribution in [0.15, 0.2) is 24.3 Å². The molecule has 0 aliphatic heterocycles. The first-order valence-electron chi connectivity index (χ1n) is 8.41. The number of fused-ring (bicyclic) bond motifs is 1. The third-order valence-electron chi connectivity index (χ3n) is 3.91. The number of para-hydroxylation sites is 1. The van der Waals surface area contributed by atoms with Gasteiger partial charge in [0.25, 0.3) is 0 Å². The van der Waals surface area contributed by atoms with Crippen LogP contribution in [0, 0.1) is 0 Å². The standard InChI is InChI=1S/C18H28N2S/c1-3-5-6-7-8-11-15(19-4-2)14-18-20-16-12-9-10-13-17(16)21-18/h9-10,12-13,15,19H,3-8,11,14H2,1-2H3. The number of aromatic nitrogens is 1. The summed E-state index contributed by atoms with van der Waals surface area (Å²) in [5.41, 5.74) is 1.15. The fourth-order valence-corrected chi connectivity index (χ4v) is 3.82. The van der Waals surface area contributed by atoms with Crippen molar-refractivity contribution in [2.45, 2.75) is 64.8 Å². The van der Waals surface area contributed by atoms with Crippen LogP contribution in [0.3, 0.4) is 0 Å². The van der Waals surface area contributed by atoms with Crippen LogP contribution in [0.5, 0.6) is 0 Å². The molecule has 0 fully saturated rings. The summed E-state index contributed by atoms with van der Waals surface area (Å²) in [5.74, 6) is 0. The molecule has 0 radical (unpaired) electrons. The smallest absolute Gasteiger partial charge is 0.0954 e. The fraction of sp³-hybridized carbons (Fsp3) is 0.611.